The molecular weight excluding hydrogens is 318 g/mol. The predicted molar refractivity (Wildman–Crippen MR) is 86.7 cm³/mol. The van der Waals surface area contributed by atoms with Crippen molar-refractivity contribution in [2.24, 2.45) is 0 Å². The lowest BCUT2D eigenvalue weighted by Gasteiger charge is -2.16. The molecule has 0 N–H and O–H groups in total. The van der Waals surface area contributed by atoms with Crippen molar-refractivity contribution in [2.75, 3.05) is 14.1 Å². The molecule has 0 aromatic heterocycles. The zero-order valence-electron chi connectivity index (χ0n) is 12.6. The van der Waals surface area contributed by atoms with Crippen LogP contribution in [-0.4, -0.2) is 23.9 Å². The molecule has 0 heterocycles. The Morgan fingerprint density at radius 2 is 2.00 bits per heavy atom. The van der Waals surface area contributed by atoms with E-state index in [2.05, 4.69) is 0 Å². The third kappa shape index (κ3) is 3.97. The second-order valence-electron chi connectivity index (χ2n) is 5.12. The van der Waals surface area contributed by atoms with Gasteiger partial charge < -0.3 is 9.64 Å². The first-order chi connectivity index (χ1) is 10.9. The van der Waals surface area contributed by atoms with Gasteiger partial charge in [0.1, 0.15) is 11.8 Å². The molecule has 0 unspecified atom stereocenters. The fraction of sp³-hybridized carbons (Fsp3) is 0.188. The van der Waals surface area contributed by atoms with E-state index in [1.54, 1.807) is 18.2 Å². The molecule has 0 atom stereocenters. The van der Waals surface area contributed by atoms with Crippen molar-refractivity contribution in [1.29, 1.82) is 5.26 Å². The Balaban J connectivity index is 2.50. The van der Waals surface area contributed by atoms with Gasteiger partial charge in [0, 0.05) is 24.2 Å². The highest BCUT2D eigenvalue weighted by Gasteiger charge is 2.17. The van der Waals surface area contributed by atoms with Crippen LogP contribution in [0.15, 0.2) is 36.4 Å². The summed E-state index contributed by atoms with van der Waals surface area (Å²) in [4.78, 5) is 12.5. The van der Waals surface area contributed by atoms with Crippen LogP contribution in [0.4, 0.5) is 5.69 Å². The normalized spacial score (nSPS) is 10.4. The molecule has 0 spiro atoms. The van der Waals surface area contributed by atoms with Crippen molar-refractivity contribution in [3.8, 4) is 17.6 Å². The van der Waals surface area contributed by atoms with Crippen LogP contribution in [0.25, 0.3) is 0 Å². The average molecular weight is 332 g/mol. The van der Waals surface area contributed by atoms with Crippen LogP contribution in [0, 0.1) is 21.4 Å². The monoisotopic (exact) mass is 331 g/mol. The molecule has 0 aliphatic rings. The number of nitro benzene ring substituents is 1. The first-order valence-electron chi connectivity index (χ1n) is 6.71. The van der Waals surface area contributed by atoms with Crippen molar-refractivity contribution in [3.63, 3.8) is 0 Å². The van der Waals surface area contributed by atoms with E-state index in [9.17, 15) is 10.1 Å². The summed E-state index contributed by atoms with van der Waals surface area (Å²) in [6, 6.07) is 11.2. The van der Waals surface area contributed by atoms with Crippen molar-refractivity contribution in [2.45, 2.75) is 6.54 Å². The molecule has 0 radical (unpaired) electrons. The van der Waals surface area contributed by atoms with Crippen LogP contribution in [0.3, 0.4) is 0 Å². The van der Waals surface area contributed by atoms with Crippen LogP contribution in [0.5, 0.6) is 11.5 Å². The van der Waals surface area contributed by atoms with Gasteiger partial charge in [-0.1, -0.05) is 23.7 Å². The lowest BCUT2D eigenvalue weighted by Crippen LogP contribution is -2.11. The van der Waals surface area contributed by atoms with Crippen molar-refractivity contribution in [1.82, 2.24) is 4.90 Å². The first-order valence-corrected chi connectivity index (χ1v) is 7.08. The van der Waals surface area contributed by atoms with Gasteiger partial charge in [0.2, 0.25) is 5.75 Å². The maximum absolute atomic E-state index is 11.1. The second-order valence-corrected chi connectivity index (χ2v) is 5.52. The highest BCUT2D eigenvalue weighted by Crippen LogP contribution is 2.35. The van der Waals surface area contributed by atoms with E-state index in [0.717, 1.165) is 5.56 Å². The minimum Gasteiger partial charge on any atom is -0.450 e. The third-order valence-electron chi connectivity index (χ3n) is 3.04. The minimum absolute atomic E-state index is 0.115. The Labute approximate surface area is 138 Å². The van der Waals surface area contributed by atoms with Crippen molar-refractivity contribution in [3.05, 3.63) is 62.7 Å². The maximum atomic E-state index is 11.1. The second kappa shape index (κ2) is 7.09. The van der Waals surface area contributed by atoms with E-state index in [0.29, 0.717) is 17.3 Å². The van der Waals surface area contributed by atoms with E-state index in [1.807, 2.05) is 25.1 Å². The Morgan fingerprint density at radius 3 is 2.61 bits per heavy atom. The first kappa shape index (κ1) is 16.7. The molecule has 0 aliphatic carbocycles. The number of nitro groups is 1. The Bertz CT molecular complexity index is 785. The van der Waals surface area contributed by atoms with Crippen LogP contribution in [-0.2, 0) is 6.54 Å². The van der Waals surface area contributed by atoms with Gasteiger partial charge in [-0.3, -0.25) is 10.1 Å². The fourth-order valence-corrected chi connectivity index (χ4v) is 2.28. The van der Waals surface area contributed by atoms with Crippen molar-refractivity contribution >= 4 is 17.3 Å². The molecule has 23 heavy (non-hydrogen) atoms. The number of hydrogen-bond acceptors (Lipinski definition) is 5. The number of rotatable bonds is 5. The lowest BCUT2D eigenvalue weighted by atomic mass is 10.1. The molecule has 0 saturated heterocycles. The third-order valence-corrected chi connectivity index (χ3v) is 3.35. The lowest BCUT2D eigenvalue weighted by molar-refractivity contribution is -0.385. The summed E-state index contributed by atoms with van der Waals surface area (Å²) in [5.41, 5.74) is 0.844. The van der Waals surface area contributed by atoms with Crippen molar-refractivity contribution < 1.29 is 9.66 Å². The molecule has 6 nitrogen and oxygen atoms in total. The smallest absolute Gasteiger partial charge is 0.311 e. The van der Waals surface area contributed by atoms with E-state index in [4.69, 9.17) is 21.6 Å². The number of halogens is 1. The number of ether oxygens (including phenoxy) is 1. The molecule has 118 valence electrons. The molecule has 0 fully saturated rings. The summed E-state index contributed by atoms with van der Waals surface area (Å²) in [5, 5.41) is 20.5. The molecule has 0 saturated carbocycles. The molecule has 2 rings (SSSR count). The number of nitriles is 1. The Morgan fingerprint density at radius 1 is 1.30 bits per heavy atom. The summed E-state index contributed by atoms with van der Waals surface area (Å²) in [6.45, 7) is 0.515. The minimum atomic E-state index is -0.512. The van der Waals surface area contributed by atoms with Gasteiger partial charge in [-0.05, 0) is 26.2 Å². The van der Waals surface area contributed by atoms with Crippen LogP contribution in [0.2, 0.25) is 5.02 Å². The summed E-state index contributed by atoms with van der Waals surface area (Å²) in [6.07, 6.45) is 0. The van der Waals surface area contributed by atoms with E-state index in [-0.39, 0.29) is 17.0 Å². The Kier molecular flexibility index (Phi) is 5.16. The molecule has 2 aromatic carbocycles. The quantitative estimate of drug-likeness (QED) is 0.611. The summed E-state index contributed by atoms with van der Waals surface area (Å²) in [5.74, 6) is 0.484. The molecule has 0 aliphatic heterocycles. The molecule has 0 bridgehead atoms. The number of para-hydroxylation sites is 2. The number of benzene rings is 2. The summed E-state index contributed by atoms with van der Waals surface area (Å²) in [7, 11) is 3.75. The largest absolute Gasteiger partial charge is 0.450 e. The molecule has 0 amide bonds. The van der Waals surface area contributed by atoms with Gasteiger partial charge in [0.25, 0.3) is 0 Å². The highest BCUT2D eigenvalue weighted by atomic mass is 35.5. The van der Waals surface area contributed by atoms with Crippen LogP contribution < -0.4 is 4.74 Å². The number of hydrogen-bond donors (Lipinski definition) is 0. The van der Waals surface area contributed by atoms with E-state index in [1.165, 1.54) is 18.2 Å². The van der Waals surface area contributed by atoms with E-state index < -0.39 is 4.92 Å². The van der Waals surface area contributed by atoms with Gasteiger partial charge in [-0.15, -0.1) is 0 Å². The molecule has 2 aromatic rings. The van der Waals surface area contributed by atoms with Crippen LogP contribution >= 0.6 is 11.6 Å². The number of nitrogens with zero attached hydrogens (tertiary/aromatic N) is 3. The topological polar surface area (TPSA) is 79.4 Å². The zero-order valence-corrected chi connectivity index (χ0v) is 13.4. The Hall–Kier alpha value is -2.62. The highest BCUT2D eigenvalue weighted by molar-refractivity contribution is 6.31. The standard InChI is InChI=1S/C16H14ClN3O3/c1-19(2)10-12-7-13(17)11(9-18)8-16(12)23-15-6-4-3-5-14(15)20(21)22/h3-8H,10H2,1-2H3. The van der Waals surface area contributed by atoms with Gasteiger partial charge >= 0.3 is 5.69 Å². The summed E-state index contributed by atoms with van der Waals surface area (Å²) >= 11 is 6.06. The van der Waals surface area contributed by atoms with Gasteiger partial charge in [0.05, 0.1) is 15.5 Å². The maximum Gasteiger partial charge on any atom is 0.311 e. The van der Waals surface area contributed by atoms with Gasteiger partial charge in [0.15, 0.2) is 0 Å². The zero-order chi connectivity index (χ0) is 17.0. The van der Waals surface area contributed by atoms with Crippen LogP contribution in [0.1, 0.15) is 11.1 Å². The molecular formula is C16H14ClN3O3. The molecule has 7 heteroatoms. The average Bonchev–Trinajstić information content (AvgIpc) is 2.49. The van der Waals surface area contributed by atoms with Gasteiger partial charge in [-0.2, -0.15) is 5.26 Å². The summed E-state index contributed by atoms with van der Waals surface area (Å²) < 4.78 is 5.72. The van der Waals surface area contributed by atoms with Gasteiger partial charge in [-0.25, -0.2) is 0 Å². The fourth-order valence-electron chi connectivity index (χ4n) is 2.05. The van der Waals surface area contributed by atoms with E-state index >= 15 is 0 Å². The SMILES string of the molecule is CN(C)Cc1cc(Cl)c(C#N)cc1Oc1ccccc1[N+](=O)[O-]. The predicted octanol–water partition coefficient (Wildman–Crippen LogP) is 3.97.